The molecule has 0 spiro atoms. The summed E-state index contributed by atoms with van der Waals surface area (Å²) in [6, 6.07) is 27.8. The van der Waals surface area contributed by atoms with Crippen LogP contribution in [0.4, 0.5) is 4.39 Å². The first kappa shape index (κ1) is 24.7. The predicted octanol–water partition coefficient (Wildman–Crippen LogP) is 6.46. The Morgan fingerprint density at radius 2 is 1.23 bits per heavy atom. The molecule has 0 amide bonds. The zero-order valence-electron chi connectivity index (χ0n) is 18.7. The minimum Gasteiger partial charge on any atom is -0.415 e. The molecule has 1 unspecified atom stereocenters. The first-order valence-corrected chi connectivity index (χ1v) is 13.8. The van der Waals surface area contributed by atoms with E-state index in [1.165, 1.54) is 24.3 Å². The summed E-state index contributed by atoms with van der Waals surface area (Å²) >= 11 is 0. The van der Waals surface area contributed by atoms with E-state index in [2.05, 4.69) is 4.72 Å². The number of halogens is 1. The molecule has 0 aromatic heterocycles. The Bertz CT molecular complexity index is 1370. The molecule has 4 aromatic rings. The molecule has 0 aliphatic carbocycles. The maximum Gasteiger partial charge on any atom is 0.453 e. The lowest BCUT2D eigenvalue weighted by Crippen LogP contribution is -2.31. The van der Waals surface area contributed by atoms with E-state index < -0.39 is 29.2 Å². The average molecular weight is 512 g/mol. The molecule has 0 heterocycles. The molecule has 0 fully saturated rings. The van der Waals surface area contributed by atoms with Crippen LogP contribution in [0.15, 0.2) is 114 Å². The standard InChI is InChI=1S/C26H23FNO5PS/c1-20-12-18-25(19-13-20)35(30,31)28-26(21-14-16-22(27)17-15-21)34(29,32-23-8-4-2-5-9-23)33-24-10-6-3-7-11-24/h2-19,26,28H,1H3. The van der Waals surface area contributed by atoms with Gasteiger partial charge in [0.25, 0.3) is 0 Å². The van der Waals surface area contributed by atoms with Gasteiger partial charge in [-0.1, -0.05) is 66.2 Å². The molecule has 35 heavy (non-hydrogen) atoms. The monoisotopic (exact) mass is 511 g/mol. The van der Waals surface area contributed by atoms with Gasteiger partial charge in [-0.3, -0.25) is 0 Å². The van der Waals surface area contributed by atoms with Crippen LogP contribution in [0.5, 0.6) is 11.5 Å². The van der Waals surface area contributed by atoms with Crippen molar-refractivity contribution in [3.05, 3.63) is 126 Å². The number of hydrogen-bond donors (Lipinski definition) is 1. The van der Waals surface area contributed by atoms with Gasteiger partial charge in [-0.25, -0.2) is 17.4 Å². The van der Waals surface area contributed by atoms with Crippen LogP contribution in [0.2, 0.25) is 0 Å². The van der Waals surface area contributed by atoms with Crippen molar-refractivity contribution in [2.45, 2.75) is 17.6 Å². The topological polar surface area (TPSA) is 81.7 Å². The molecule has 6 nitrogen and oxygen atoms in total. The predicted molar refractivity (Wildman–Crippen MR) is 132 cm³/mol. The van der Waals surface area contributed by atoms with E-state index in [0.29, 0.717) is 0 Å². The first-order chi connectivity index (χ1) is 16.7. The van der Waals surface area contributed by atoms with Crippen LogP contribution in [0.1, 0.15) is 16.9 Å². The van der Waals surface area contributed by atoms with Crippen molar-refractivity contribution in [3.63, 3.8) is 0 Å². The number of nitrogens with one attached hydrogen (secondary N) is 1. The molecule has 4 aromatic carbocycles. The summed E-state index contributed by atoms with van der Waals surface area (Å²) in [4.78, 5) is -0.0267. The van der Waals surface area contributed by atoms with E-state index in [-0.39, 0.29) is 22.0 Å². The Balaban J connectivity index is 1.82. The van der Waals surface area contributed by atoms with Gasteiger partial charge in [0.05, 0.1) is 4.90 Å². The van der Waals surface area contributed by atoms with Gasteiger partial charge < -0.3 is 9.05 Å². The lowest BCUT2D eigenvalue weighted by molar-refractivity contribution is 0.368. The van der Waals surface area contributed by atoms with Gasteiger partial charge in [0.1, 0.15) is 17.3 Å². The summed E-state index contributed by atoms with van der Waals surface area (Å²) < 4.78 is 69.0. The second-order valence-corrected chi connectivity index (χ2v) is 11.4. The lowest BCUT2D eigenvalue weighted by Gasteiger charge is -2.28. The molecule has 0 aliphatic heterocycles. The first-order valence-electron chi connectivity index (χ1n) is 10.7. The molecule has 0 aliphatic rings. The zero-order valence-corrected chi connectivity index (χ0v) is 20.5. The Labute approximate surface area is 203 Å². The SMILES string of the molecule is Cc1ccc(S(=O)(=O)NC(c2ccc(F)cc2)P(=O)(Oc2ccccc2)Oc2ccccc2)cc1. The summed E-state index contributed by atoms with van der Waals surface area (Å²) in [5, 5.41) is 0. The van der Waals surface area contributed by atoms with Crippen molar-refractivity contribution in [1.29, 1.82) is 0 Å². The Hall–Kier alpha value is -3.45. The van der Waals surface area contributed by atoms with Gasteiger partial charge in [-0.2, -0.15) is 4.72 Å². The second-order valence-electron chi connectivity index (χ2n) is 7.74. The van der Waals surface area contributed by atoms with Crippen LogP contribution in [0, 0.1) is 12.7 Å². The minimum absolute atomic E-state index is 0.0267. The van der Waals surface area contributed by atoms with E-state index in [9.17, 15) is 17.4 Å². The maximum atomic E-state index is 14.4. The largest absolute Gasteiger partial charge is 0.453 e. The third-order valence-corrected chi connectivity index (χ3v) is 8.66. The normalized spacial score (nSPS) is 12.6. The minimum atomic E-state index is -4.35. The second kappa shape index (κ2) is 10.4. The van der Waals surface area contributed by atoms with Crippen molar-refractivity contribution < 1.29 is 26.4 Å². The highest BCUT2D eigenvalue weighted by Crippen LogP contribution is 2.59. The van der Waals surface area contributed by atoms with Gasteiger partial charge in [0.15, 0.2) is 5.78 Å². The molecule has 9 heteroatoms. The maximum absolute atomic E-state index is 14.4. The smallest absolute Gasteiger partial charge is 0.415 e. The summed E-state index contributed by atoms with van der Waals surface area (Å²) in [5.74, 6) is -1.59. The molecular formula is C26H23FNO5PS. The van der Waals surface area contributed by atoms with Crippen LogP contribution in [0.3, 0.4) is 0 Å². The Morgan fingerprint density at radius 3 is 1.71 bits per heavy atom. The molecule has 180 valence electrons. The molecule has 1 atom stereocenters. The Morgan fingerprint density at radius 1 is 0.743 bits per heavy atom. The highest BCUT2D eigenvalue weighted by Gasteiger charge is 2.43. The van der Waals surface area contributed by atoms with E-state index >= 15 is 0 Å². The van der Waals surface area contributed by atoms with Gasteiger partial charge in [0.2, 0.25) is 10.0 Å². The van der Waals surface area contributed by atoms with Crippen LogP contribution in [-0.2, 0) is 14.6 Å². The highest BCUT2D eigenvalue weighted by atomic mass is 32.2. The van der Waals surface area contributed by atoms with Crippen molar-refractivity contribution in [2.24, 2.45) is 0 Å². The average Bonchev–Trinajstić information content (AvgIpc) is 2.85. The van der Waals surface area contributed by atoms with Crippen LogP contribution in [0.25, 0.3) is 0 Å². The van der Waals surface area contributed by atoms with Crippen molar-refractivity contribution in [2.75, 3.05) is 0 Å². The number of aryl methyl sites for hydroxylation is 1. The fourth-order valence-corrected chi connectivity index (χ4v) is 6.88. The van der Waals surface area contributed by atoms with Gasteiger partial charge in [0, 0.05) is 0 Å². The van der Waals surface area contributed by atoms with E-state index in [4.69, 9.17) is 9.05 Å². The molecule has 4 rings (SSSR count). The van der Waals surface area contributed by atoms with Crippen molar-refractivity contribution >= 4 is 17.6 Å². The number of hydrogen-bond acceptors (Lipinski definition) is 5. The van der Waals surface area contributed by atoms with Crippen LogP contribution >= 0.6 is 7.60 Å². The highest BCUT2D eigenvalue weighted by molar-refractivity contribution is 7.89. The van der Waals surface area contributed by atoms with Crippen LogP contribution in [-0.4, -0.2) is 8.42 Å². The van der Waals surface area contributed by atoms with E-state index in [1.54, 1.807) is 72.8 Å². The zero-order chi connectivity index (χ0) is 24.9. The fraction of sp³-hybridized carbons (Fsp3) is 0.0769. The summed E-state index contributed by atoms with van der Waals surface area (Å²) in [6.45, 7) is 1.83. The molecule has 0 radical (unpaired) electrons. The van der Waals surface area contributed by atoms with Crippen molar-refractivity contribution in [3.8, 4) is 11.5 Å². The molecule has 0 saturated heterocycles. The summed E-state index contributed by atoms with van der Waals surface area (Å²) in [6.07, 6.45) is 0. The summed E-state index contributed by atoms with van der Waals surface area (Å²) in [7, 11) is -8.53. The fourth-order valence-electron chi connectivity index (χ4n) is 3.27. The number of sulfonamides is 1. The molecule has 1 N–H and O–H groups in total. The van der Waals surface area contributed by atoms with E-state index in [1.807, 2.05) is 6.92 Å². The Kier molecular flexibility index (Phi) is 7.36. The lowest BCUT2D eigenvalue weighted by atomic mass is 10.2. The third kappa shape index (κ3) is 6.17. The van der Waals surface area contributed by atoms with Gasteiger partial charge in [-0.05, 0) is 61.0 Å². The van der Waals surface area contributed by atoms with Gasteiger partial charge in [-0.15, -0.1) is 0 Å². The molecular weight excluding hydrogens is 488 g/mol. The summed E-state index contributed by atoms with van der Waals surface area (Å²) in [5.41, 5.74) is 1.09. The number of benzene rings is 4. The van der Waals surface area contributed by atoms with E-state index in [0.717, 1.165) is 17.7 Å². The number of rotatable bonds is 9. The van der Waals surface area contributed by atoms with Gasteiger partial charge >= 0.3 is 7.60 Å². The molecule has 0 saturated carbocycles. The number of para-hydroxylation sites is 2. The quantitative estimate of drug-likeness (QED) is 0.261. The third-order valence-electron chi connectivity index (χ3n) is 5.05. The molecule has 0 bridgehead atoms. The van der Waals surface area contributed by atoms with Crippen LogP contribution < -0.4 is 13.8 Å². The van der Waals surface area contributed by atoms with Crippen molar-refractivity contribution in [1.82, 2.24) is 4.72 Å².